The van der Waals surface area contributed by atoms with Crippen LogP contribution in [0.4, 0.5) is 0 Å². The summed E-state index contributed by atoms with van der Waals surface area (Å²) in [5, 5.41) is 11.0. The maximum atomic E-state index is 13.2. The fourth-order valence-corrected chi connectivity index (χ4v) is 7.81. The van der Waals surface area contributed by atoms with Crippen molar-refractivity contribution in [3.63, 3.8) is 0 Å². The number of aliphatic hydroxyl groups excluding tert-OH is 1. The van der Waals surface area contributed by atoms with E-state index in [-0.39, 0.29) is 22.9 Å². The normalized spacial score (nSPS) is 51.1. The van der Waals surface area contributed by atoms with Crippen molar-refractivity contribution in [2.45, 2.75) is 92.1 Å². The third-order valence-electron chi connectivity index (χ3n) is 9.75. The van der Waals surface area contributed by atoms with E-state index in [9.17, 15) is 9.90 Å². The Morgan fingerprint density at radius 2 is 1.54 bits per heavy atom. The first-order valence-corrected chi connectivity index (χ1v) is 11.4. The molecule has 4 rings (SSSR count). The SMILES string of the molecule is C[C@@H]1CCC(O)[C@@]2(C)CC[C@H]3[C@H](C)CC(C(=O)C4CC4)[C@H](C[C@H]12)C3(C)C. The van der Waals surface area contributed by atoms with Crippen molar-refractivity contribution in [1.29, 1.82) is 0 Å². The molecule has 2 heteroatoms. The Morgan fingerprint density at radius 1 is 0.846 bits per heavy atom. The van der Waals surface area contributed by atoms with Crippen molar-refractivity contribution in [3.8, 4) is 0 Å². The molecule has 0 saturated heterocycles. The molecule has 0 radical (unpaired) electrons. The van der Waals surface area contributed by atoms with Crippen LogP contribution in [-0.4, -0.2) is 17.0 Å². The van der Waals surface area contributed by atoms with Gasteiger partial charge in [-0.25, -0.2) is 0 Å². The van der Waals surface area contributed by atoms with Gasteiger partial charge in [0.15, 0.2) is 0 Å². The molecule has 2 bridgehead atoms. The Labute approximate surface area is 160 Å². The average molecular weight is 361 g/mol. The maximum absolute atomic E-state index is 13.2. The second-order valence-corrected chi connectivity index (χ2v) is 11.5. The molecule has 0 amide bonds. The van der Waals surface area contributed by atoms with E-state index < -0.39 is 0 Å². The third kappa shape index (κ3) is 2.81. The van der Waals surface area contributed by atoms with Gasteiger partial charge in [0.05, 0.1) is 6.10 Å². The number of ketones is 1. The number of carbonyl (C=O) groups is 1. The first-order valence-electron chi connectivity index (χ1n) is 11.4. The van der Waals surface area contributed by atoms with Crippen LogP contribution < -0.4 is 0 Å². The lowest BCUT2D eigenvalue weighted by Crippen LogP contribution is -2.55. The number of Topliss-reactive ketones (excluding diaryl/α,β-unsaturated/α-hetero) is 1. The summed E-state index contributed by atoms with van der Waals surface area (Å²) in [6.45, 7) is 12.1. The second kappa shape index (κ2) is 6.33. The Bertz CT molecular complexity index is 563. The molecule has 1 N–H and O–H groups in total. The molecule has 0 spiro atoms. The fourth-order valence-electron chi connectivity index (χ4n) is 7.81. The highest BCUT2D eigenvalue weighted by molar-refractivity contribution is 5.86. The highest BCUT2D eigenvalue weighted by Crippen LogP contribution is 2.62. The van der Waals surface area contributed by atoms with Crippen LogP contribution in [0.2, 0.25) is 0 Å². The molecule has 2 unspecified atom stereocenters. The summed E-state index contributed by atoms with van der Waals surface area (Å²) in [4.78, 5) is 13.2. The monoisotopic (exact) mass is 360 g/mol. The molecule has 0 aromatic carbocycles. The third-order valence-corrected chi connectivity index (χ3v) is 9.75. The van der Waals surface area contributed by atoms with E-state index in [2.05, 4.69) is 34.6 Å². The van der Waals surface area contributed by atoms with Crippen molar-refractivity contribution >= 4 is 5.78 Å². The molecular formula is C24H40O2. The molecule has 4 aliphatic rings. The zero-order valence-electron chi connectivity index (χ0n) is 17.6. The summed E-state index contributed by atoms with van der Waals surface area (Å²) in [6, 6.07) is 0. The lowest BCUT2D eigenvalue weighted by Gasteiger charge is -2.59. The van der Waals surface area contributed by atoms with E-state index in [0.29, 0.717) is 41.3 Å². The quantitative estimate of drug-likeness (QED) is 0.708. The van der Waals surface area contributed by atoms with Crippen LogP contribution in [0.1, 0.15) is 86.0 Å². The van der Waals surface area contributed by atoms with Gasteiger partial charge < -0.3 is 5.11 Å². The van der Waals surface area contributed by atoms with Crippen LogP contribution in [-0.2, 0) is 4.79 Å². The number of fused-ring (bicyclic) bond motifs is 3. The van der Waals surface area contributed by atoms with E-state index in [0.717, 1.165) is 44.9 Å². The van der Waals surface area contributed by atoms with Crippen molar-refractivity contribution in [1.82, 2.24) is 0 Å². The summed E-state index contributed by atoms with van der Waals surface area (Å²) in [7, 11) is 0. The lowest BCUT2D eigenvalue weighted by atomic mass is 9.45. The van der Waals surface area contributed by atoms with E-state index in [4.69, 9.17) is 0 Å². The molecule has 0 aliphatic heterocycles. The van der Waals surface area contributed by atoms with Gasteiger partial charge in [-0.3, -0.25) is 4.79 Å². The smallest absolute Gasteiger partial charge is 0.139 e. The number of rotatable bonds is 2. The predicted molar refractivity (Wildman–Crippen MR) is 106 cm³/mol. The Kier molecular flexibility index (Phi) is 4.61. The van der Waals surface area contributed by atoms with Crippen LogP contribution in [0.5, 0.6) is 0 Å². The number of aliphatic hydroxyl groups is 1. The van der Waals surface area contributed by atoms with Gasteiger partial charge in [0, 0.05) is 11.8 Å². The minimum atomic E-state index is -0.154. The van der Waals surface area contributed by atoms with Gasteiger partial charge in [-0.1, -0.05) is 34.6 Å². The first kappa shape index (κ1) is 19.0. The molecular weight excluding hydrogens is 320 g/mol. The first-order chi connectivity index (χ1) is 12.2. The van der Waals surface area contributed by atoms with Crippen LogP contribution in [0.25, 0.3) is 0 Å². The van der Waals surface area contributed by atoms with Crippen LogP contribution in [0.3, 0.4) is 0 Å². The topological polar surface area (TPSA) is 37.3 Å². The lowest BCUT2D eigenvalue weighted by molar-refractivity contribution is -0.150. The fraction of sp³-hybridized carbons (Fsp3) is 0.958. The molecule has 4 aliphatic carbocycles. The Morgan fingerprint density at radius 3 is 2.19 bits per heavy atom. The number of hydrogen-bond acceptors (Lipinski definition) is 2. The Hall–Kier alpha value is -0.370. The second-order valence-electron chi connectivity index (χ2n) is 11.5. The van der Waals surface area contributed by atoms with Crippen LogP contribution in [0, 0.1) is 52.3 Å². The molecule has 4 saturated carbocycles. The van der Waals surface area contributed by atoms with E-state index in [1.165, 1.54) is 6.42 Å². The number of carbonyl (C=O) groups excluding carboxylic acids is 1. The van der Waals surface area contributed by atoms with Gasteiger partial charge in [0.2, 0.25) is 0 Å². The summed E-state index contributed by atoms with van der Waals surface area (Å²) in [5.74, 6) is 4.33. The average Bonchev–Trinajstić information content (AvgIpc) is 3.40. The standard InChI is InChI=1S/C24H40O2/c1-14-6-9-21(25)24(5)11-10-18-15(2)12-17(22(26)16-7-8-16)20(13-19(14)24)23(18,3)4/h14-21,25H,6-13H2,1-5H3/t14-,15-,17?,18+,19-,20+,21?,24+/m1/s1. The maximum Gasteiger partial charge on any atom is 0.139 e. The minimum Gasteiger partial charge on any atom is -0.393 e. The van der Waals surface area contributed by atoms with Crippen molar-refractivity contribution in [3.05, 3.63) is 0 Å². The largest absolute Gasteiger partial charge is 0.393 e. The Balaban J connectivity index is 1.72. The van der Waals surface area contributed by atoms with Gasteiger partial charge in [-0.2, -0.15) is 0 Å². The molecule has 4 fully saturated rings. The highest BCUT2D eigenvalue weighted by atomic mass is 16.3. The van der Waals surface area contributed by atoms with E-state index in [1.807, 2.05) is 0 Å². The summed E-state index contributed by atoms with van der Waals surface area (Å²) >= 11 is 0. The molecule has 0 heterocycles. The zero-order chi connectivity index (χ0) is 18.9. The summed E-state index contributed by atoms with van der Waals surface area (Å²) in [5.41, 5.74) is 0.297. The van der Waals surface area contributed by atoms with Gasteiger partial charge in [0.25, 0.3) is 0 Å². The molecule has 0 aromatic rings. The highest BCUT2D eigenvalue weighted by Gasteiger charge is 2.57. The predicted octanol–water partition coefficient (Wildman–Crippen LogP) is 5.48. The molecule has 8 atom stereocenters. The van der Waals surface area contributed by atoms with Crippen molar-refractivity contribution < 1.29 is 9.90 Å². The van der Waals surface area contributed by atoms with E-state index in [1.54, 1.807) is 0 Å². The molecule has 2 nitrogen and oxygen atoms in total. The van der Waals surface area contributed by atoms with Gasteiger partial charge >= 0.3 is 0 Å². The number of hydrogen-bond donors (Lipinski definition) is 1. The van der Waals surface area contributed by atoms with Gasteiger partial charge in [-0.05, 0) is 91.8 Å². The zero-order valence-corrected chi connectivity index (χ0v) is 17.6. The van der Waals surface area contributed by atoms with Crippen molar-refractivity contribution in [2.24, 2.45) is 52.3 Å². The molecule has 0 aromatic heterocycles. The van der Waals surface area contributed by atoms with Crippen LogP contribution >= 0.6 is 0 Å². The summed E-state index contributed by atoms with van der Waals surface area (Å²) in [6.07, 6.45) is 8.90. The van der Waals surface area contributed by atoms with Gasteiger partial charge in [-0.15, -0.1) is 0 Å². The van der Waals surface area contributed by atoms with Crippen LogP contribution in [0.15, 0.2) is 0 Å². The summed E-state index contributed by atoms with van der Waals surface area (Å²) < 4.78 is 0. The van der Waals surface area contributed by atoms with E-state index >= 15 is 0 Å². The molecule has 148 valence electrons. The van der Waals surface area contributed by atoms with Gasteiger partial charge in [0.1, 0.15) is 5.78 Å². The molecule has 26 heavy (non-hydrogen) atoms. The minimum absolute atomic E-state index is 0.0505. The van der Waals surface area contributed by atoms with Crippen molar-refractivity contribution in [2.75, 3.05) is 0 Å².